The van der Waals surface area contributed by atoms with Gasteiger partial charge in [-0.15, -0.1) is 0 Å². The zero-order chi connectivity index (χ0) is 19.6. The van der Waals surface area contributed by atoms with Crippen LogP contribution in [0, 0.1) is 18.8 Å². The Kier molecular flexibility index (Phi) is 5.93. The monoisotopic (exact) mass is 395 g/mol. The van der Waals surface area contributed by atoms with Crippen LogP contribution in [0.15, 0.2) is 12.3 Å². The van der Waals surface area contributed by atoms with Gasteiger partial charge in [0, 0.05) is 19.3 Å². The van der Waals surface area contributed by atoms with E-state index in [0.29, 0.717) is 24.7 Å². The molecule has 1 aromatic heterocycles. The Hall–Kier alpha value is -1.83. The van der Waals surface area contributed by atoms with Gasteiger partial charge in [0.25, 0.3) is 5.91 Å². The van der Waals surface area contributed by atoms with E-state index in [-0.39, 0.29) is 23.3 Å². The van der Waals surface area contributed by atoms with Crippen LogP contribution in [0.1, 0.15) is 48.7 Å². The lowest BCUT2D eigenvalue weighted by Gasteiger charge is -2.35. The van der Waals surface area contributed by atoms with Crippen molar-refractivity contribution in [2.75, 3.05) is 24.6 Å². The fraction of sp³-hybridized carbons (Fsp3) is 0.684. The van der Waals surface area contributed by atoms with Gasteiger partial charge in [-0.2, -0.15) is 0 Å². The third-order valence-corrected chi connectivity index (χ3v) is 7.43. The normalized spacial score (nSPS) is 27.5. The van der Waals surface area contributed by atoms with Crippen LogP contribution in [0.5, 0.6) is 0 Å². The third kappa shape index (κ3) is 4.54. The molecule has 3 atom stereocenters. The Balaban J connectivity index is 1.72. The Labute approximate surface area is 160 Å². The predicted molar refractivity (Wildman–Crippen MR) is 103 cm³/mol. The SMILES string of the molecule is CCCC1CCCN(C(=O)[C@@H]2CS(=O)(=O)C[C@H]2NC(=O)c2[nH]ccc2C)C1. The zero-order valence-electron chi connectivity index (χ0n) is 16.0. The summed E-state index contributed by atoms with van der Waals surface area (Å²) in [6.07, 6.45) is 5.90. The summed E-state index contributed by atoms with van der Waals surface area (Å²) in [5, 5.41) is 2.79. The predicted octanol–water partition coefficient (Wildman–Crippen LogP) is 1.50. The molecule has 0 aromatic carbocycles. The number of nitrogens with zero attached hydrogens (tertiary/aromatic N) is 1. The van der Waals surface area contributed by atoms with Crippen LogP contribution in [-0.2, 0) is 14.6 Å². The molecule has 0 bridgehead atoms. The number of carbonyl (C=O) groups excluding carboxylic acids is 2. The molecule has 2 aliphatic rings. The minimum atomic E-state index is -3.35. The van der Waals surface area contributed by atoms with Crippen molar-refractivity contribution < 1.29 is 18.0 Å². The van der Waals surface area contributed by atoms with Crippen molar-refractivity contribution in [2.24, 2.45) is 11.8 Å². The van der Waals surface area contributed by atoms with Gasteiger partial charge in [0.15, 0.2) is 9.84 Å². The first kappa shape index (κ1) is 19.9. The fourth-order valence-corrected chi connectivity index (χ4v) is 6.23. The van der Waals surface area contributed by atoms with Crippen molar-refractivity contribution in [3.05, 3.63) is 23.5 Å². The first-order chi connectivity index (χ1) is 12.8. The van der Waals surface area contributed by atoms with E-state index in [1.807, 2.05) is 4.90 Å². The highest BCUT2D eigenvalue weighted by Crippen LogP contribution is 2.27. The molecule has 2 aliphatic heterocycles. The van der Waals surface area contributed by atoms with Crippen molar-refractivity contribution in [1.82, 2.24) is 15.2 Å². The van der Waals surface area contributed by atoms with Crippen molar-refractivity contribution in [3.8, 4) is 0 Å². The van der Waals surface area contributed by atoms with E-state index in [1.54, 1.807) is 19.2 Å². The highest BCUT2D eigenvalue weighted by atomic mass is 32.2. The average molecular weight is 396 g/mol. The Bertz CT molecular complexity index is 800. The topological polar surface area (TPSA) is 99.3 Å². The lowest BCUT2D eigenvalue weighted by atomic mass is 9.92. The molecular formula is C19H29N3O4S. The maximum absolute atomic E-state index is 13.1. The number of piperidine rings is 1. The summed E-state index contributed by atoms with van der Waals surface area (Å²) in [7, 11) is -3.35. The van der Waals surface area contributed by atoms with Gasteiger partial charge in [0.2, 0.25) is 5.91 Å². The number of likely N-dealkylation sites (tertiary alicyclic amines) is 1. The molecule has 2 N–H and O–H groups in total. The molecule has 0 aliphatic carbocycles. The number of sulfone groups is 1. The molecular weight excluding hydrogens is 366 g/mol. The van der Waals surface area contributed by atoms with Gasteiger partial charge in [-0.3, -0.25) is 9.59 Å². The van der Waals surface area contributed by atoms with Gasteiger partial charge in [0.05, 0.1) is 23.5 Å². The molecule has 0 spiro atoms. The number of amides is 2. The Morgan fingerprint density at radius 2 is 2.11 bits per heavy atom. The van der Waals surface area contributed by atoms with Crippen LogP contribution in [0.3, 0.4) is 0 Å². The van der Waals surface area contributed by atoms with Gasteiger partial charge in [-0.25, -0.2) is 8.42 Å². The Morgan fingerprint density at radius 3 is 2.78 bits per heavy atom. The number of aryl methyl sites for hydroxylation is 1. The van der Waals surface area contributed by atoms with Crippen molar-refractivity contribution in [2.45, 2.75) is 45.6 Å². The van der Waals surface area contributed by atoms with Crippen LogP contribution in [0.2, 0.25) is 0 Å². The maximum atomic E-state index is 13.1. The van der Waals surface area contributed by atoms with E-state index < -0.39 is 21.8 Å². The van der Waals surface area contributed by atoms with Gasteiger partial charge in [0.1, 0.15) is 5.69 Å². The number of hydrogen-bond acceptors (Lipinski definition) is 4. The minimum absolute atomic E-state index is 0.134. The molecule has 2 saturated heterocycles. The quantitative estimate of drug-likeness (QED) is 0.789. The molecule has 2 fully saturated rings. The first-order valence-electron chi connectivity index (χ1n) is 9.74. The van der Waals surface area contributed by atoms with Crippen molar-refractivity contribution in [1.29, 1.82) is 0 Å². The largest absolute Gasteiger partial charge is 0.357 e. The number of nitrogens with one attached hydrogen (secondary N) is 2. The second-order valence-electron chi connectivity index (χ2n) is 7.88. The molecule has 8 heteroatoms. The molecule has 27 heavy (non-hydrogen) atoms. The molecule has 3 rings (SSSR count). The number of H-pyrrole nitrogens is 1. The molecule has 0 saturated carbocycles. The maximum Gasteiger partial charge on any atom is 0.268 e. The van der Waals surface area contributed by atoms with Crippen LogP contribution >= 0.6 is 0 Å². The van der Waals surface area contributed by atoms with Gasteiger partial charge in [-0.1, -0.05) is 13.3 Å². The highest BCUT2D eigenvalue weighted by Gasteiger charge is 2.45. The van der Waals surface area contributed by atoms with E-state index in [2.05, 4.69) is 17.2 Å². The first-order valence-corrected chi connectivity index (χ1v) is 11.6. The van der Waals surface area contributed by atoms with Crippen LogP contribution in [0.4, 0.5) is 0 Å². The summed E-state index contributed by atoms with van der Waals surface area (Å²) >= 11 is 0. The van der Waals surface area contributed by atoms with E-state index in [0.717, 1.165) is 31.2 Å². The van der Waals surface area contributed by atoms with Gasteiger partial charge < -0.3 is 15.2 Å². The van der Waals surface area contributed by atoms with Crippen LogP contribution in [-0.4, -0.2) is 60.8 Å². The van der Waals surface area contributed by atoms with Crippen LogP contribution < -0.4 is 5.32 Å². The molecule has 2 amide bonds. The summed E-state index contributed by atoms with van der Waals surface area (Å²) in [4.78, 5) is 30.3. The highest BCUT2D eigenvalue weighted by molar-refractivity contribution is 7.91. The smallest absolute Gasteiger partial charge is 0.268 e. The molecule has 1 aromatic rings. The van der Waals surface area contributed by atoms with Gasteiger partial charge >= 0.3 is 0 Å². The van der Waals surface area contributed by atoms with Crippen molar-refractivity contribution >= 4 is 21.7 Å². The Morgan fingerprint density at radius 1 is 1.33 bits per heavy atom. The summed E-state index contributed by atoms with van der Waals surface area (Å²) in [5.74, 6) is -1.07. The summed E-state index contributed by atoms with van der Waals surface area (Å²) in [5.41, 5.74) is 1.20. The second-order valence-corrected chi connectivity index (χ2v) is 10.0. The zero-order valence-corrected chi connectivity index (χ0v) is 16.8. The van der Waals surface area contributed by atoms with E-state index in [4.69, 9.17) is 0 Å². The fourth-order valence-electron chi connectivity index (χ4n) is 4.31. The van der Waals surface area contributed by atoms with Crippen molar-refractivity contribution in [3.63, 3.8) is 0 Å². The molecule has 7 nitrogen and oxygen atoms in total. The van der Waals surface area contributed by atoms with E-state index >= 15 is 0 Å². The molecule has 1 unspecified atom stereocenters. The molecule has 0 radical (unpaired) electrons. The summed E-state index contributed by atoms with van der Waals surface area (Å²) in [6, 6.07) is 1.11. The lowest BCUT2D eigenvalue weighted by molar-refractivity contribution is -0.137. The second kappa shape index (κ2) is 8.04. The third-order valence-electron chi connectivity index (χ3n) is 5.70. The van der Waals surface area contributed by atoms with Crippen LogP contribution in [0.25, 0.3) is 0 Å². The molecule has 150 valence electrons. The number of carbonyl (C=O) groups is 2. The number of aromatic nitrogens is 1. The number of rotatable bonds is 5. The van der Waals surface area contributed by atoms with Gasteiger partial charge in [-0.05, 0) is 43.7 Å². The number of aromatic amines is 1. The standard InChI is InChI=1S/C19H29N3O4S/c1-3-5-14-6-4-9-22(10-14)19(24)15-11-27(25,26)12-16(15)21-18(23)17-13(2)7-8-20-17/h7-8,14-16,20H,3-6,9-12H2,1-2H3,(H,21,23)/t14?,15-,16-/m1/s1. The average Bonchev–Trinajstić information content (AvgIpc) is 3.17. The summed E-state index contributed by atoms with van der Waals surface area (Å²) < 4.78 is 24.4. The lowest BCUT2D eigenvalue weighted by Crippen LogP contribution is -2.50. The number of hydrogen-bond donors (Lipinski definition) is 2. The summed E-state index contributed by atoms with van der Waals surface area (Å²) in [6.45, 7) is 5.31. The van der Waals surface area contributed by atoms with E-state index in [9.17, 15) is 18.0 Å². The minimum Gasteiger partial charge on any atom is -0.357 e. The van der Waals surface area contributed by atoms with E-state index in [1.165, 1.54) is 0 Å². The molecule has 3 heterocycles.